The van der Waals surface area contributed by atoms with E-state index < -0.39 is 0 Å². The predicted octanol–water partition coefficient (Wildman–Crippen LogP) is 0.417. The first-order valence-corrected chi connectivity index (χ1v) is 8.14. The van der Waals surface area contributed by atoms with E-state index in [1.54, 1.807) is 0 Å². The Hall–Kier alpha value is -1.24. The average molecular weight is 299 g/mol. The lowest BCUT2D eigenvalue weighted by molar-refractivity contribution is -0.121. The largest absolute Gasteiger partial charge is 0.356 e. The molecule has 0 aromatic heterocycles. The van der Waals surface area contributed by atoms with Gasteiger partial charge in [0.2, 0.25) is 5.91 Å². The maximum atomic E-state index is 11.4. The molecule has 0 aliphatic carbocycles. The zero-order valence-corrected chi connectivity index (χ0v) is 12.2. The summed E-state index contributed by atoms with van der Waals surface area (Å²) in [5.74, 6) is 0.986. The molecule has 3 N–H and O–H groups in total. The fraction of sp³-hybridized carbons (Fsp3) is 0.769. The van der Waals surface area contributed by atoms with E-state index in [9.17, 15) is 14.4 Å². The Morgan fingerprint density at radius 3 is 3.05 bits per heavy atom. The molecule has 1 unspecified atom stereocenters. The Balaban J connectivity index is 1.56. The normalized spacial score (nSPS) is 27.6. The standard InChI is InChI=1S/C13H21N3O3S/c17-7-3-6-14-11(18)5-2-1-4-10-12-9(8-20-10)15-13(19)16-12/h7,9-10,12H,1-6,8H2,(H,14,18)(H2,15,16,19)/t9-,10?,12-/m0/s1. The minimum absolute atomic E-state index is 0.0136. The summed E-state index contributed by atoms with van der Waals surface area (Å²) in [7, 11) is 0. The fourth-order valence-electron chi connectivity index (χ4n) is 2.63. The van der Waals surface area contributed by atoms with Crippen LogP contribution in [-0.4, -0.2) is 47.9 Å². The first kappa shape index (κ1) is 15.2. The highest BCUT2D eigenvalue weighted by atomic mass is 32.2. The number of urea groups is 1. The van der Waals surface area contributed by atoms with E-state index in [4.69, 9.17) is 0 Å². The number of carbonyl (C=O) groups is 3. The molecule has 6 nitrogen and oxygen atoms in total. The van der Waals surface area contributed by atoms with Crippen LogP contribution in [-0.2, 0) is 9.59 Å². The Kier molecular flexibility index (Phi) is 5.70. The minimum atomic E-state index is -0.0557. The molecule has 112 valence electrons. The molecule has 2 rings (SSSR count). The Morgan fingerprint density at radius 2 is 2.25 bits per heavy atom. The van der Waals surface area contributed by atoms with E-state index >= 15 is 0 Å². The van der Waals surface area contributed by atoms with E-state index in [1.165, 1.54) is 0 Å². The minimum Gasteiger partial charge on any atom is -0.356 e. The lowest BCUT2D eigenvalue weighted by Gasteiger charge is -2.16. The summed E-state index contributed by atoms with van der Waals surface area (Å²) < 4.78 is 0. The molecule has 2 fully saturated rings. The molecule has 2 aliphatic rings. The summed E-state index contributed by atoms with van der Waals surface area (Å²) in [5, 5.41) is 9.05. The quantitative estimate of drug-likeness (QED) is 0.344. The zero-order chi connectivity index (χ0) is 14.4. The molecule has 0 aromatic carbocycles. The van der Waals surface area contributed by atoms with Gasteiger partial charge in [-0.3, -0.25) is 4.79 Å². The van der Waals surface area contributed by atoms with Crippen LogP contribution in [0.1, 0.15) is 32.1 Å². The fourth-order valence-corrected chi connectivity index (χ4v) is 4.18. The zero-order valence-electron chi connectivity index (χ0n) is 11.4. The van der Waals surface area contributed by atoms with Crippen molar-refractivity contribution in [1.82, 2.24) is 16.0 Å². The van der Waals surface area contributed by atoms with Gasteiger partial charge in [0.25, 0.3) is 0 Å². The number of hydrogen-bond acceptors (Lipinski definition) is 4. The van der Waals surface area contributed by atoms with E-state index in [1.807, 2.05) is 11.8 Å². The lowest BCUT2D eigenvalue weighted by atomic mass is 10.0. The summed E-state index contributed by atoms with van der Waals surface area (Å²) in [6.07, 6.45) is 4.54. The summed E-state index contributed by atoms with van der Waals surface area (Å²) >= 11 is 1.90. The molecule has 0 bridgehead atoms. The topological polar surface area (TPSA) is 87.3 Å². The Morgan fingerprint density at radius 1 is 1.40 bits per heavy atom. The first-order valence-electron chi connectivity index (χ1n) is 7.09. The number of hydrogen-bond donors (Lipinski definition) is 3. The monoisotopic (exact) mass is 299 g/mol. The summed E-state index contributed by atoms with van der Waals surface area (Å²) in [4.78, 5) is 32.8. The van der Waals surface area contributed by atoms with Gasteiger partial charge in [-0.2, -0.15) is 11.8 Å². The third kappa shape index (κ3) is 4.13. The van der Waals surface area contributed by atoms with Crippen LogP contribution in [0.25, 0.3) is 0 Å². The van der Waals surface area contributed by atoms with Gasteiger partial charge in [0.05, 0.1) is 12.1 Å². The number of rotatable bonds is 8. The number of carbonyl (C=O) groups excluding carboxylic acids is 3. The van der Waals surface area contributed by atoms with Crippen molar-refractivity contribution in [2.75, 3.05) is 12.3 Å². The highest BCUT2D eigenvalue weighted by molar-refractivity contribution is 8.00. The molecule has 0 saturated carbocycles. The second-order valence-electron chi connectivity index (χ2n) is 5.17. The van der Waals surface area contributed by atoms with Crippen LogP contribution in [0.2, 0.25) is 0 Å². The van der Waals surface area contributed by atoms with Crippen LogP contribution < -0.4 is 16.0 Å². The number of amides is 3. The predicted molar refractivity (Wildman–Crippen MR) is 77.6 cm³/mol. The maximum Gasteiger partial charge on any atom is 0.315 e. The number of aldehydes is 1. The van der Waals surface area contributed by atoms with Gasteiger partial charge in [-0.15, -0.1) is 0 Å². The molecule has 3 amide bonds. The van der Waals surface area contributed by atoms with Gasteiger partial charge >= 0.3 is 6.03 Å². The maximum absolute atomic E-state index is 11.4. The van der Waals surface area contributed by atoms with Gasteiger partial charge in [0.15, 0.2) is 0 Å². The van der Waals surface area contributed by atoms with Crippen LogP contribution >= 0.6 is 11.8 Å². The van der Waals surface area contributed by atoms with Crippen molar-refractivity contribution in [1.29, 1.82) is 0 Å². The van der Waals surface area contributed by atoms with E-state index in [2.05, 4.69) is 16.0 Å². The molecule has 2 aliphatic heterocycles. The van der Waals surface area contributed by atoms with Crippen molar-refractivity contribution in [2.24, 2.45) is 0 Å². The van der Waals surface area contributed by atoms with Crippen molar-refractivity contribution in [2.45, 2.75) is 49.4 Å². The average Bonchev–Trinajstić information content (AvgIpc) is 2.95. The van der Waals surface area contributed by atoms with E-state index in [0.29, 0.717) is 24.6 Å². The summed E-state index contributed by atoms with van der Waals surface area (Å²) in [6.45, 7) is 0.433. The second-order valence-corrected chi connectivity index (χ2v) is 6.45. The first-order chi connectivity index (χ1) is 9.70. The van der Waals surface area contributed by atoms with Gasteiger partial charge in [0.1, 0.15) is 6.29 Å². The van der Waals surface area contributed by atoms with Crippen LogP contribution in [0.4, 0.5) is 4.79 Å². The van der Waals surface area contributed by atoms with Crippen LogP contribution in [0.5, 0.6) is 0 Å². The third-order valence-corrected chi connectivity index (χ3v) is 5.17. The summed E-state index contributed by atoms with van der Waals surface area (Å²) in [6, 6.07) is 0.456. The van der Waals surface area contributed by atoms with Gasteiger partial charge in [-0.25, -0.2) is 4.79 Å². The SMILES string of the molecule is O=CCCNC(=O)CCCCC1SC[C@@H]2NC(=O)N[C@H]12. The molecule has 2 heterocycles. The Labute approximate surface area is 122 Å². The van der Waals surface area contributed by atoms with Crippen LogP contribution in [0.15, 0.2) is 0 Å². The van der Waals surface area contributed by atoms with E-state index in [0.717, 1.165) is 31.3 Å². The van der Waals surface area contributed by atoms with E-state index in [-0.39, 0.29) is 24.0 Å². The van der Waals surface area contributed by atoms with Crippen molar-refractivity contribution in [3.8, 4) is 0 Å². The van der Waals surface area contributed by atoms with Gasteiger partial charge in [-0.05, 0) is 12.8 Å². The van der Waals surface area contributed by atoms with Gasteiger partial charge in [-0.1, -0.05) is 6.42 Å². The smallest absolute Gasteiger partial charge is 0.315 e. The molecule has 0 radical (unpaired) electrons. The molecule has 3 atom stereocenters. The van der Waals surface area contributed by atoms with Crippen molar-refractivity contribution in [3.05, 3.63) is 0 Å². The number of unbranched alkanes of at least 4 members (excludes halogenated alkanes) is 1. The molecular weight excluding hydrogens is 278 g/mol. The molecule has 20 heavy (non-hydrogen) atoms. The Bertz CT molecular complexity index is 378. The highest BCUT2D eigenvalue weighted by Crippen LogP contribution is 2.33. The van der Waals surface area contributed by atoms with Gasteiger partial charge in [0, 0.05) is 30.4 Å². The summed E-state index contributed by atoms with van der Waals surface area (Å²) in [5.41, 5.74) is 0. The van der Waals surface area contributed by atoms with Crippen molar-refractivity contribution < 1.29 is 14.4 Å². The third-order valence-electron chi connectivity index (χ3n) is 3.66. The molecule has 7 heteroatoms. The van der Waals surface area contributed by atoms with Gasteiger partial charge < -0.3 is 20.7 Å². The number of fused-ring (bicyclic) bond motifs is 1. The molecule has 0 spiro atoms. The lowest BCUT2D eigenvalue weighted by Crippen LogP contribution is -2.36. The number of thioether (sulfide) groups is 1. The van der Waals surface area contributed by atoms with Crippen LogP contribution in [0.3, 0.4) is 0 Å². The van der Waals surface area contributed by atoms with Crippen LogP contribution in [0, 0.1) is 0 Å². The second kappa shape index (κ2) is 7.52. The highest BCUT2D eigenvalue weighted by Gasteiger charge is 2.42. The molecule has 2 saturated heterocycles. The molecular formula is C13H21N3O3S. The molecule has 0 aromatic rings. The van der Waals surface area contributed by atoms with Crippen molar-refractivity contribution >= 4 is 30.0 Å². The number of nitrogens with one attached hydrogen (secondary N) is 3. The van der Waals surface area contributed by atoms with Crippen molar-refractivity contribution in [3.63, 3.8) is 0 Å².